The number of carbonyl (C=O) groups excluding carboxylic acids is 1. The topological polar surface area (TPSA) is 52.9 Å². The number of benzene rings is 1. The van der Waals surface area contributed by atoms with Crippen LogP contribution in [0.5, 0.6) is 5.75 Å². The molecule has 1 amide bonds. The van der Waals surface area contributed by atoms with Crippen LogP contribution in [0.2, 0.25) is 0 Å². The standard InChI is InChI=1S/C15H15FN2O2S/c1-9-6-11(16)7-10(13(9)19)8-12-14(20)17-15(21-12)18-4-2-3-5-18/h6-8,19H,2-5H2,1H3/b12-8-. The molecule has 2 aliphatic rings. The first-order valence-electron chi connectivity index (χ1n) is 6.81. The predicted octanol–water partition coefficient (Wildman–Crippen LogP) is 2.91. The number of likely N-dealkylation sites (tertiary alicyclic amines) is 1. The molecule has 0 atom stereocenters. The lowest BCUT2D eigenvalue weighted by molar-refractivity contribution is -0.113. The minimum absolute atomic E-state index is 0.00748. The Labute approximate surface area is 126 Å². The molecule has 1 N–H and O–H groups in total. The Morgan fingerprint density at radius 3 is 2.81 bits per heavy atom. The molecule has 1 fully saturated rings. The molecule has 0 radical (unpaired) electrons. The van der Waals surface area contributed by atoms with Gasteiger partial charge in [0.25, 0.3) is 5.91 Å². The third-order valence-corrected chi connectivity index (χ3v) is 4.61. The maximum absolute atomic E-state index is 13.4. The van der Waals surface area contributed by atoms with Gasteiger partial charge in [-0.15, -0.1) is 0 Å². The van der Waals surface area contributed by atoms with Crippen molar-refractivity contribution in [1.29, 1.82) is 0 Å². The van der Waals surface area contributed by atoms with Crippen LogP contribution in [-0.2, 0) is 4.79 Å². The Morgan fingerprint density at radius 1 is 1.38 bits per heavy atom. The van der Waals surface area contributed by atoms with E-state index in [0.29, 0.717) is 21.2 Å². The Morgan fingerprint density at radius 2 is 2.10 bits per heavy atom. The average Bonchev–Trinajstić information content (AvgIpc) is 3.06. The predicted molar refractivity (Wildman–Crippen MR) is 81.6 cm³/mol. The number of rotatable bonds is 1. The molecular formula is C15H15FN2O2S. The first-order valence-corrected chi connectivity index (χ1v) is 7.63. The van der Waals surface area contributed by atoms with Crippen molar-refractivity contribution < 1.29 is 14.3 Å². The molecule has 0 spiro atoms. The van der Waals surface area contributed by atoms with E-state index in [0.717, 1.165) is 25.9 Å². The van der Waals surface area contributed by atoms with E-state index in [2.05, 4.69) is 9.89 Å². The van der Waals surface area contributed by atoms with E-state index < -0.39 is 5.82 Å². The van der Waals surface area contributed by atoms with Gasteiger partial charge in [0, 0.05) is 18.7 Å². The molecule has 2 aliphatic heterocycles. The third kappa shape index (κ3) is 2.81. The summed E-state index contributed by atoms with van der Waals surface area (Å²) in [5.41, 5.74) is 0.749. The summed E-state index contributed by atoms with van der Waals surface area (Å²) in [4.78, 5) is 18.5. The number of aromatic hydroxyl groups is 1. The van der Waals surface area contributed by atoms with Gasteiger partial charge in [0.05, 0.1) is 4.91 Å². The Kier molecular flexibility index (Phi) is 3.71. The third-order valence-electron chi connectivity index (χ3n) is 3.57. The number of amidine groups is 1. The second-order valence-corrected chi connectivity index (χ2v) is 6.17. The molecule has 1 aromatic rings. The Balaban J connectivity index is 1.87. The number of carbonyl (C=O) groups is 1. The van der Waals surface area contributed by atoms with E-state index in [9.17, 15) is 14.3 Å². The number of amides is 1. The van der Waals surface area contributed by atoms with Crippen molar-refractivity contribution in [2.45, 2.75) is 19.8 Å². The molecular weight excluding hydrogens is 291 g/mol. The van der Waals surface area contributed by atoms with Gasteiger partial charge in [-0.05, 0) is 55.3 Å². The summed E-state index contributed by atoms with van der Waals surface area (Å²) in [6.07, 6.45) is 3.72. The monoisotopic (exact) mass is 306 g/mol. The summed E-state index contributed by atoms with van der Waals surface area (Å²) in [6, 6.07) is 2.48. The van der Waals surface area contributed by atoms with Crippen molar-refractivity contribution in [3.8, 4) is 5.75 Å². The number of hydrogen-bond donors (Lipinski definition) is 1. The molecule has 3 rings (SSSR count). The number of nitrogens with zero attached hydrogens (tertiary/aromatic N) is 2. The minimum atomic E-state index is -0.437. The van der Waals surface area contributed by atoms with Gasteiger partial charge < -0.3 is 10.0 Å². The number of hydrogen-bond acceptors (Lipinski definition) is 4. The maximum Gasteiger partial charge on any atom is 0.286 e. The van der Waals surface area contributed by atoms with Crippen LogP contribution in [0, 0.1) is 12.7 Å². The highest BCUT2D eigenvalue weighted by atomic mass is 32.2. The smallest absolute Gasteiger partial charge is 0.286 e. The zero-order valence-electron chi connectivity index (χ0n) is 11.6. The van der Waals surface area contributed by atoms with Gasteiger partial charge in [0.1, 0.15) is 11.6 Å². The van der Waals surface area contributed by atoms with E-state index in [1.54, 1.807) is 6.92 Å². The van der Waals surface area contributed by atoms with E-state index in [1.807, 2.05) is 0 Å². The number of phenols is 1. The van der Waals surface area contributed by atoms with Crippen LogP contribution in [-0.4, -0.2) is 34.2 Å². The summed E-state index contributed by atoms with van der Waals surface area (Å²) >= 11 is 1.29. The van der Waals surface area contributed by atoms with E-state index in [4.69, 9.17) is 0 Å². The molecule has 110 valence electrons. The second-order valence-electron chi connectivity index (χ2n) is 5.16. The van der Waals surface area contributed by atoms with Crippen LogP contribution in [0.25, 0.3) is 6.08 Å². The molecule has 1 aromatic carbocycles. The summed E-state index contributed by atoms with van der Waals surface area (Å²) in [7, 11) is 0. The van der Waals surface area contributed by atoms with Crippen molar-refractivity contribution in [2.75, 3.05) is 13.1 Å². The zero-order valence-corrected chi connectivity index (χ0v) is 12.4. The molecule has 0 unspecified atom stereocenters. The molecule has 6 heteroatoms. The van der Waals surface area contributed by atoms with Crippen molar-refractivity contribution >= 4 is 28.9 Å². The second kappa shape index (κ2) is 5.52. The highest BCUT2D eigenvalue weighted by molar-refractivity contribution is 8.18. The van der Waals surface area contributed by atoms with Gasteiger partial charge in [0.15, 0.2) is 5.17 Å². The summed E-state index contributed by atoms with van der Waals surface area (Å²) < 4.78 is 13.4. The lowest BCUT2D eigenvalue weighted by Gasteiger charge is -2.14. The highest BCUT2D eigenvalue weighted by Gasteiger charge is 2.27. The molecule has 21 heavy (non-hydrogen) atoms. The van der Waals surface area contributed by atoms with Gasteiger partial charge in [-0.2, -0.15) is 4.99 Å². The number of aliphatic imine (C=N–C) groups is 1. The van der Waals surface area contributed by atoms with Gasteiger partial charge in [-0.25, -0.2) is 4.39 Å². The van der Waals surface area contributed by atoms with Gasteiger partial charge >= 0.3 is 0 Å². The quantitative estimate of drug-likeness (QED) is 0.811. The Bertz CT molecular complexity index is 664. The van der Waals surface area contributed by atoms with Gasteiger partial charge in [-0.1, -0.05) is 0 Å². The summed E-state index contributed by atoms with van der Waals surface area (Å²) in [5, 5.41) is 10.7. The molecule has 0 bridgehead atoms. The van der Waals surface area contributed by atoms with Crippen LogP contribution in [0.1, 0.15) is 24.0 Å². The summed E-state index contributed by atoms with van der Waals surface area (Å²) in [6.45, 7) is 3.45. The molecule has 1 saturated heterocycles. The van der Waals surface area contributed by atoms with Gasteiger partial charge in [-0.3, -0.25) is 4.79 Å². The number of phenolic OH excluding ortho intramolecular Hbond substituents is 1. The summed E-state index contributed by atoms with van der Waals surface area (Å²) in [5.74, 6) is -0.775. The largest absolute Gasteiger partial charge is 0.507 e. The van der Waals surface area contributed by atoms with Crippen LogP contribution < -0.4 is 0 Å². The number of halogens is 1. The van der Waals surface area contributed by atoms with Crippen molar-refractivity contribution in [3.05, 3.63) is 34.0 Å². The van der Waals surface area contributed by atoms with E-state index >= 15 is 0 Å². The van der Waals surface area contributed by atoms with E-state index in [-0.39, 0.29) is 11.7 Å². The maximum atomic E-state index is 13.4. The van der Waals surface area contributed by atoms with Crippen LogP contribution in [0.15, 0.2) is 22.0 Å². The van der Waals surface area contributed by atoms with Crippen molar-refractivity contribution in [2.24, 2.45) is 4.99 Å². The van der Waals surface area contributed by atoms with Crippen molar-refractivity contribution in [3.63, 3.8) is 0 Å². The average molecular weight is 306 g/mol. The zero-order chi connectivity index (χ0) is 15.0. The normalized spacial score (nSPS) is 20.5. The van der Waals surface area contributed by atoms with Crippen molar-refractivity contribution in [1.82, 2.24) is 4.90 Å². The Hall–Kier alpha value is -1.82. The highest BCUT2D eigenvalue weighted by Crippen LogP contribution is 2.34. The molecule has 4 nitrogen and oxygen atoms in total. The fourth-order valence-electron chi connectivity index (χ4n) is 2.45. The first kappa shape index (κ1) is 14.1. The lowest BCUT2D eigenvalue weighted by Crippen LogP contribution is -2.23. The molecule has 2 heterocycles. The first-order chi connectivity index (χ1) is 10.0. The molecule has 0 saturated carbocycles. The number of thioether (sulfide) groups is 1. The lowest BCUT2D eigenvalue weighted by atomic mass is 10.1. The van der Waals surface area contributed by atoms with Crippen LogP contribution in [0.3, 0.4) is 0 Å². The SMILES string of the molecule is Cc1cc(F)cc(/C=C2\SC(N3CCCC3)=NC2=O)c1O. The minimum Gasteiger partial charge on any atom is -0.507 e. The molecule has 0 aromatic heterocycles. The fraction of sp³-hybridized carbons (Fsp3) is 0.333. The fourth-order valence-corrected chi connectivity index (χ4v) is 3.41. The van der Waals surface area contributed by atoms with E-state index in [1.165, 1.54) is 30.0 Å². The van der Waals surface area contributed by atoms with Gasteiger partial charge in [0.2, 0.25) is 0 Å². The number of aryl methyl sites for hydroxylation is 1. The van der Waals surface area contributed by atoms with Crippen LogP contribution >= 0.6 is 11.8 Å². The van der Waals surface area contributed by atoms with Crippen LogP contribution in [0.4, 0.5) is 4.39 Å². The molecule has 0 aliphatic carbocycles.